The molecule has 31 heavy (non-hydrogen) atoms. The number of hydrogen-bond acceptors (Lipinski definition) is 5. The maximum absolute atomic E-state index is 12.7. The molecule has 0 bridgehead atoms. The zero-order chi connectivity index (χ0) is 22.7. The number of imidazole rings is 1. The number of fused-ring (bicyclic) bond motifs is 1. The fourth-order valence-corrected chi connectivity index (χ4v) is 3.45. The van der Waals surface area contributed by atoms with Crippen LogP contribution in [0, 0.1) is 0 Å². The van der Waals surface area contributed by atoms with Crippen molar-refractivity contribution in [1.29, 1.82) is 0 Å². The Morgan fingerprint density at radius 3 is 2.42 bits per heavy atom. The zero-order valence-electron chi connectivity index (χ0n) is 18.6. The minimum atomic E-state index is -0.451. The lowest BCUT2D eigenvalue weighted by Crippen LogP contribution is -2.37. The number of nitrogens with zero attached hydrogens (tertiary/aromatic N) is 4. The number of aryl methyl sites for hydroxylation is 2. The minimum Gasteiger partial charge on any atom is -0.465 e. The van der Waals surface area contributed by atoms with E-state index in [0.717, 1.165) is 10.3 Å². The van der Waals surface area contributed by atoms with Crippen LogP contribution in [0.3, 0.4) is 0 Å². The quantitative estimate of drug-likeness (QED) is 0.595. The summed E-state index contributed by atoms with van der Waals surface area (Å²) in [5.74, 6) is 0.321. The van der Waals surface area contributed by atoms with Crippen molar-refractivity contribution < 1.29 is 9.53 Å². The number of rotatable bonds is 8. The van der Waals surface area contributed by atoms with Gasteiger partial charge < -0.3 is 10.1 Å². The van der Waals surface area contributed by atoms with Gasteiger partial charge in [0.25, 0.3) is 11.6 Å². The van der Waals surface area contributed by atoms with E-state index in [9.17, 15) is 14.4 Å². The van der Waals surface area contributed by atoms with Gasteiger partial charge in [-0.3, -0.25) is 23.3 Å². The lowest BCUT2D eigenvalue weighted by atomic mass is 10.0. The summed E-state index contributed by atoms with van der Waals surface area (Å²) in [5.41, 5.74) is 1.63. The summed E-state index contributed by atoms with van der Waals surface area (Å²) in [4.78, 5) is 41.6. The van der Waals surface area contributed by atoms with Crippen molar-refractivity contribution in [2.24, 2.45) is 14.1 Å². The molecule has 0 saturated heterocycles. The summed E-state index contributed by atoms with van der Waals surface area (Å²) in [6, 6.07) is 8.07. The number of hydrogen-bond donors (Lipinski definition) is 1. The molecule has 0 atom stereocenters. The van der Waals surface area contributed by atoms with Crippen LogP contribution in [0.1, 0.15) is 45.1 Å². The predicted octanol–water partition coefficient (Wildman–Crippen LogP) is 2.37. The smallest absolute Gasteiger partial charge is 0.332 e. The summed E-state index contributed by atoms with van der Waals surface area (Å²) in [6.07, 6.45) is 0.747. The predicted molar refractivity (Wildman–Crippen MR) is 120 cm³/mol. The first-order chi connectivity index (χ1) is 14.7. The number of carbonyl (C=O) groups excluding carboxylic acids is 1. The second-order valence-corrected chi connectivity index (χ2v) is 7.79. The number of benzene rings is 1. The van der Waals surface area contributed by atoms with E-state index < -0.39 is 11.2 Å². The molecule has 2 aromatic heterocycles. The highest BCUT2D eigenvalue weighted by Gasteiger charge is 2.20. The van der Waals surface area contributed by atoms with E-state index in [0.29, 0.717) is 25.5 Å². The van der Waals surface area contributed by atoms with Crippen LogP contribution >= 0.6 is 0 Å². The molecule has 0 aliphatic carbocycles. The molecule has 1 aromatic carbocycles. The van der Waals surface area contributed by atoms with Crippen molar-refractivity contribution >= 4 is 22.8 Å². The summed E-state index contributed by atoms with van der Waals surface area (Å²) >= 11 is 0. The molecule has 0 radical (unpaired) electrons. The monoisotopic (exact) mass is 427 g/mol. The SMILES string of the molecule is CCOc1nc2c(c(=O)n(C)c(=O)n2C)n1CCCC(=O)Nc1ccc(C(C)C)cc1. The molecular weight excluding hydrogens is 398 g/mol. The largest absolute Gasteiger partial charge is 0.465 e. The van der Waals surface area contributed by atoms with Gasteiger partial charge >= 0.3 is 5.69 Å². The Kier molecular flexibility index (Phi) is 6.62. The van der Waals surface area contributed by atoms with Crippen LogP contribution in [0.2, 0.25) is 0 Å². The molecule has 0 unspecified atom stereocenters. The average molecular weight is 428 g/mol. The molecular formula is C22H29N5O4. The maximum atomic E-state index is 12.7. The third-order valence-corrected chi connectivity index (χ3v) is 5.23. The molecule has 2 heterocycles. The highest BCUT2D eigenvalue weighted by atomic mass is 16.5. The number of carbonyl (C=O) groups is 1. The average Bonchev–Trinajstić information content (AvgIpc) is 3.10. The molecule has 0 spiro atoms. The Morgan fingerprint density at radius 2 is 1.81 bits per heavy atom. The normalized spacial score (nSPS) is 11.3. The highest BCUT2D eigenvalue weighted by molar-refractivity contribution is 5.90. The first-order valence-corrected chi connectivity index (χ1v) is 10.4. The molecule has 9 nitrogen and oxygen atoms in total. The van der Waals surface area contributed by atoms with Crippen molar-refractivity contribution in [3.63, 3.8) is 0 Å². The van der Waals surface area contributed by atoms with Crippen LogP contribution in [-0.4, -0.2) is 31.2 Å². The summed E-state index contributed by atoms with van der Waals surface area (Å²) < 4.78 is 9.60. The van der Waals surface area contributed by atoms with Gasteiger partial charge in [0.2, 0.25) is 5.91 Å². The van der Waals surface area contributed by atoms with Crippen LogP contribution < -0.4 is 21.3 Å². The van der Waals surface area contributed by atoms with E-state index in [1.807, 2.05) is 31.2 Å². The second kappa shape index (κ2) is 9.20. The summed E-state index contributed by atoms with van der Waals surface area (Å²) in [6.45, 7) is 6.78. The lowest BCUT2D eigenvalue weighted by molar-refractivity contribution is -0.116. The van der Waals surface area contributed by atoms with Crippen molar-refractivity contribution in [1.82, 2.24) is 18.7 Å². The zero-order valence-corrected chi connectivity index (χ0v) is 18.6. The first kappa shape index (κ1) is 22.3. The van der Waals surface area contributed by atoms with Crippen LogP contribution in [0.15, 0.2) is 33.9 Å². The molecule has 0 fully saturated rings. The van der Waals surface area contributed by atoms with Crippen LogP contribution in [-0.2, 0) is 25.4 Å². The number of ether oxygens (including phenoxy) is 1. The molecule has 1 N–H and O–H groups in total. The van der Waals surface area contributed by atoms with Gasteiger partial charge in [-0.25, -0.2) is 4.79 Å². The fourth-order valence-electron chi connectivity index (χ4n) is 3.45. The third-order valence-electron chi connectivity index (χ3n) is 5.23. The number of nitrogens with one attached hydrogen (secondary N) is 1. The molecule has 3 rings (SSSR count). The maximum Gasteiger partial charge on any atom is 0.332 e. The fraction of sp³-hybridized carbons (Fsp3) is 0.455. The van der Waals surface area contributed by atoms with Crippen LogP contribution in [0.4, 0.5) is 5.69 Å². The van der Waals surface area contributed by atoms with Gasteiger partial charge in [0.1, 0.15) is 0 Å². The molecule has 0 aliphatic rings. The van der Waals surface area contributed by atoms with Crippen molar-refractivity contribution in [3.05, 3.63) is 50.7 Å². The van der Waals surface area contributed by atoms with Gasteiger partial charge in [0, 0.05) is 32.7 Å². The van der Waals surface area contributed by atoms with E-state index in [-0.39, 0.29) is 29.5 Å². The molecule has 1 amide bonds. The Bertz CT molecular complexity index is 1200. The van der Waals surface area contributed by atoms with Gasteiger partial charge in [-0.2, -0.15) is 4.98 Å². The Labute approximate surface area is 180 Å². The van der Waals surface area contributed by atoms with E-state index in [4.69, 9.17) is 4.74 Å². The summed E-state index contributed by atoms with van der Waals surface area (Å²) in [7, 11) is 3.00. The van der Waals surface area contributed by atoms with Crippen molar-refractivity contribution in [3.8, 4) is 6.01 Å². The van der Waals surface area contributed by atoms with Crippen molar-refractivity contribution in [2.75, 3.05) is 11.9 Å². The van der Waals surface area contributed by atoms with Crippen LogP contribution in [0.25, 0.3) is 11.2 Å². The van der Waals surface area contributed by atoms with Gasteiger partial charge in [0.15, 0.2) is 11.2 Å². The number of aromatic nitrogens is 4. The lowest BCUT2D eigenvalue weighted by Gasteiger charge is -2.10. The molecule has 0 aliphatic heterocycles. The highest BCUT2D eigenvalue weighted by Crippen LogP contribution is 2.20. The Morgan fingerprint density at radius 1 is 1.13 bits per heavy atom. The van der Waals surface area contributed by atoms with Gasteiger partial charge in [-0.15, -0.1) is 0 Å². The van der Waals surface area contributed by atoms with Gasteiger partial charge in [-0.1, -0.05) is 26.0 Å². The van der Waals surface area contributed by atoms with E-state index in [1.54, 1.807) is 11.6 Å². The molecule has 3 aromatic rings. The Hall–Kier alpha value is -3.36. The van der Waals surface area contributed by atoms with E-state index in [1.165, 1.54) is 17.2 Å². The first-order valence-electron chi connectivity index (χ1n) is 10.4. The number of amides is 1. The molecule has 9 heteroatoms. The molecule has 166 valence electrons. The topological polar surface area (TPSA) is 100 Å². The van der Waals surface area contributed by atoms with Crippen molar-refractivity contribution in [2.45, 2.75) is 46.1 Å². The van der Waals surface area contributed by atoms with E-state index >= 15 is 0 Å². The van der Waals surface area contributed by atoms with Gasteiger partial charge in [0.05, 0.1) is 6.61 Å². The number of anilines is 1. The Balaban J connectivity index is 1.75. The second-order valence-electron chi connectivity index (χ2n) is 7.79. The molecule has 0 saturated carbocycles. The summed E-state index contributed by atoms with van der Waals surface area (Å²) in [5, 5.41) is 2.90. The third kappa shape index (κ3) is 4.55. The minimum absolute atomic E-state index is 0.111. The van der Waals surface area contributed by atoms with Crippen LogP contribution in [0.5, 0.6) is 6.01 Å². The van der Waals surface area contributed by atoms with Gasteiger partial charge in [-0.05, 0) is 37.0 Å². The standard InChI is InChI=1S/C22H29N5O4/c1-6-31-21-24-19-18(20(29)26(5)22(30)25(19)4)27(21)13-7-8-17(28)23-16-11-9-15(10-12-16)14(2)3/h9-12,14H,6-8,13H2,1-5H3,(H,23,28). The van der Waals surface area contributed by atoms with E-state index in [2.05, 4.69) is 24.1 Å².